The van der Waals surface area contributed by atoms with Crippen molar-refractivity contribution in [3.63, 3.8) is 0 Å². The van der Waals surface area contributed by atoms with Gasteiger partial charge in [-0.15, -0.1) is 0 Å². The van der Waals surface area contributed by atoms with E-state index in [-0.39, 0.29) is 0 Å². The third-order valence-corrected chi connectivity index (χ3v) is 3.26. The fourth-order valence-electron chi connectivity index (χ4n) is 1.69. The third-order valence-electron chi connectivity index (χ3n) is 2.67. The fraction of sp³-hybridized carbons (Fsp3) is 0.0625. The number of carbonyl (C=O) groups excluding carboxylic acids is 1. The molecule has 0 heterocycles. The molecule has 0 aliphatic rings. The van der Waals surface area contributed by atoms with Crippen molar-refractivity contribution < 1.29 is 9.53 Å². The van der Waals surface area contributed by atoms with E-state index in [4.69, 9.17) is 27.9 Å². The molecule has 102 valence electrons. The fourth-order valence-corrected chi connectivity index (χ4v) is 2.15. The van der Waals surface area contributed by atoms with Crippen LogP contribution in [-0.2, 0) is 11.4 Å². The Morgan fingerprint density at radius 1 is 1.10 bits per heavy atom. The van der Waals surface area contributed by atoms with E-state index in [1.54, 1.807) is 18.2 Å². The monoisotopic (exact) mass is 306 g/mol. The Kier molecular flexibility index (Phi) is 5.22. The molecule has 0 unspecified atom stereocenters. The van der Waals surface area contributed by atoms with Gasteiger partial charge in [-0.05, 0) is 30.4 Å². The smallest absolute Gasteiger partial charge is 0.142 e. The van der Waals surface area contributed by atoms with Gasteiger partial charge in [-0.2, -0.15) is 0 Å². The Hall–Kier alpha value is -1.77. The van der Waals surface area contributed by atoms with Crippen LogP contribution in [0.1, 0.15) is 11.1 Å². The van der Waals surface area contributed by atoms with Crippen molar-refractivity contribution in [2.24, 2.45) is 0 Å². The summed E-state index contributed by atoms with van der Waals surface area (Å²) in [5, 5.41) is 1.16. The summed E-state index contributed by atoms with van der Waals surface area (Å²) in [5.74, 6) is 0.691. The molecule has 20 heavy (non-hydrogen) atoms. The minimum atomic E-state index is 0.335. The highest BCUT2D eigenvalue weighted by molar-refractivity contribution is 6.35. The average molecular weight is 307 g/mol. The summed E-state index contributed by atoms with van der Waals surface area (Å²) in [6.45, 7) is 0.335. The summed E-state index contributed by atoms with van der Waals surface area (Å²) < 4.78 is 5.75. The van der Waals surface area contributed by atoms with Crippen molar-refractivity contribution in [3.05, 3.63) is 69.7 Å². The van der Waals surface area contributed by atoms with Crippen LogP contribution in [0.3, 0.4) is 0 Å². The molecule has 2 nitrogen and oxygen atoms in total. The zero-order valence-electron chi connectivity index (χ0n) is 10.6. The summed E-state index contributed by atoms with van der Waals surface area (Å²) >= 11 is 11.9. The largest absolute Gasteiger partial charge is 0.488 e. The molecule has 0 fully saturated rings. The minimum Gasteiger partial charge on any atom is -0.488 e. The minimum absolute atomic E-state index is 0.335. The summed E-state index contributed by atoms with van der Waals surface area (Å²) in [5.41, 5.74) is 1.69. The Morgan fingerprint density at radius 2 is 1.90 bits per heavy atom. The predicted octanol–water partition coefficient (Wildman–Crippen LogP) is 4.78. The molecule has 0 amide bonds. The lowest BCUT2D eigenvalue weighted by molar-refractivity contribution is -0.104. The van der Waals surface area contributed by atoms with E-state index in [9.17, 15) is 4.79 Å². The molecule has 0 aromatic heterocycles. The molecule has 0 N–H and O–H groups in total. The molecule has 2 aromatic rings. The molecule has 0 atom stereocenters. The first-order valence-electron chi connectivity index (χ1n) is 5.98. The second-order valence-corrected chi connectivity index (χ2v) is 4.90. The van der Waals surface area contributed by atoms with Crippen LogP contribution >= 0.6 is 23.2 Å². The van der Waals surface area contributed by atoms with Gasteiger partial charge in [0, 0.05) is 21.2 Å². The summed E-state index contributed by atoms with van der Waals surface area (Å²) in [6, 6.07) is 12.7. The maximum absolute atomic E-state index is 10.4. The molecular formula is C16H12Cl2O2. The van der Waals surface area contributed by atoms with Gasteiger partial charge in [-0.1, -0.05) is 47.5 Å². The van der Waals surface area contributed by atoms with Crippen LogP contribution in [0.25, 0.3) is 6.08 Å². The van der Waals surface area contributed by atoms with Gasteiger partial charge in [-0.3, -0.25) is 4.79 Å². The molecule has 0 bridgehead atoms. The summed E-state index contributed by atoms with van der Waals surface area (Å²) in [6.07, 6.45) is 3.86. The third kappa shape index (κ3) is 3.86. The lowest BCUT2D eigenvalue weighted by atomic mass is 10.2. The number of ether oxygens (including phenoxy) is 1. The zero-order chi connectivity index (χ0) is 14.4. The number of halogens is 2. The standard InChI is InChI=1S/C16H12Cl2O2/c17-14-8-7-13(15(18)10-14)11-20-16-6-2-1-4-12(16)5-3-9-19/h1-10H,11H2/b5-3+. The van der Waals surface area contributed by atoms with Crippen molar-refractivity contribution in [2.45, 2.75) is 6.61 Å². The number of rotatable bonds is 5. The predicted molar refractivity (Wildman–Crippen MR) is 82.3 cm³/mol. The number of para-hydroxylation sites is 1. The topological polar surface area (TPSA) is 26.3 Å². The van der Waals surface area contributed by atoms with Crippen LogP contribution in [0, 0.1) is 0 Å². The van der Waals surface area contributed by atoms with Gasteiger partial charge in [-0.25, -0.2) is 0 Å². The number of benzene rings is 2. The molecule has 2 aromatic carbocycles. The maximum Gasteiger partial charge on any atom is 0.142 e. The number of hydrogen-bond donors (Lipinski definition) is 0. The average Bonchev–Trinajstić information content (AvgIpc) is 2.45. The van der Waals surface area contributed by atoms with Crippen molar-refractivity contribution in [1.82, 2.24) is 0 Å². The van der Waals surface area contributed by atoms with Crippen LogP contribution in [0.4, 0.5) is 0 Å². The molecular weight excluding hydrogens is 295 g/mol. The van der Waals surface area contributed by atoms with Gasteiger partial charge in [0.25, 0.3) is 0 Å². The van der Waals surface area contributed by atoms with Crippen LogP contribution in [0.15, 0.2) is 48.5 Å². The van der Waals surface area contributed by atoms with Crippen LogP contribution < -0.4 is 4.74 Å². The number of carbonyl (C=O) groups is 1. The Labute approximate surface area is 127 Å². The first-order valence-corrected chi connectivity index (χ1v) is 6.74. The summed E-state index contributed by atoms with van der Waals surface area (Å²) in [4.78, 5) is 10.4. The zero-order valence-corrected chi connectivity index (χ0v) is 12.1. The number of allylic oxidation sites excluding steroid dienone is 1. The van der Waals surface area contributed by atoms with E-state index in [0.29, 0.717) is 22.4 Å². The molecule has 2 rings (SSSR count). The lowest BCUT2D eigenvalue weighted by Gasteiger charge is -2.10. The van der Waals surface area contributed by atoms with Gasteiger partial charge >= 0.3 is 0 Å². The highest BCUT2D eigenvalue weighted by Crippen LogP contribution is 2.24. The Bertz CT molecular complexity index is 636. The van der Waals surface area contributed by atoms with E-state index in [1.165, 1.54) is 6.08 Å². The molecule has 0 saturated carbocycles. The lowest BCUT2D eigenvalue weighted by Crippen LogP contribution is -1.97. The molecule has 0 radical (unpaired) electrons. The van der Waals surface area contributed by atoms with Crippen LogP contribution in [-0.4, -0.2) is 6.29 Å². The summed E-state index contributed by atoms with van der Waals surface area (Å²) in [7, 11) is 0. The first-order chi connectivity index (χ1) is 9.70. The second-order valence-electron chi connectivity index (χ2n) is 4.06. The van der Waals surface area contributed by atoms with E-state index >= 15 is 0 Å². The molecule has 4 heteroatoms. The number of aldehydes is 1. The van der Waals surface area contributed by atoms with Crippen molar-refractivity contribution >= 4 is 35.6 Å². The Morgan fingerprint density at radius 3 is 2.65 bits per heavy atom. The van der Waals surface area contributed by atoms with Gasteiger partial charge < -0.3 is 4.74 Å². The van der Waals surface area contributed by atoms with Crippen LogP contribution in [0.5, 0.6) is 5.75 Å². The van der Waals surface area contributed by atoms with Gasteiger partial charge in [0.2, 0.25) is 0 Å². The van der Waals surface area contributed by atoms with Crippen molar-refractivity contribution in [1.29, 1.82) is 0 Å². The van der Waals surface area contributed by atoms with E-state index in [2.05, 4.69) is 0 Å². The van der Waals surface area contributed by atoms with E-state index in [0.717, 1.165) is 17.4 Å². The van der Waals surface area contributed by atoms with Gasteiger partial charge in [0.15, 0.2) is 0 Å². The number of hydrogen-bond acceptors (Lipinski definition) is 2. The molecule has 0 saturated heterocycles. The quantitative estimate of drug-likeness (QED) is 0.586. The van der Waals surface area contributed by atoms with Crippen molar-refractivity contribution in [2.75, 3.05) is 0 Å². The normalized spacial score (nSPS) is 10.7. The SMILES string of the molecule is O=C/C=C/c1ccccc1OCc1ccc(Cl)cc1Cl. The highest BCUT2D eigenvalue weighted by Gasteiger charge is 2.04. The van der Waals surface area contributed by atoms with E-state index in [1.807, 2.05) is 30.3 Å². The molecule has 0 aliphatic carbocycles. The maximum atomic E-state index is 10.4. The van der Waals surface area contributed by atoms with E-state index < -0.39 is 0 Å². The van der Waals surface area contributed by atoms with Crippen LogP contribution in [0.2, 0.25) is 10.0 Å². The first kappa shape index (κ1) is 14.6. The highest BCUT2D eigenvalue weighted by atomic mass is 35.5. The van der Waals surface area contributed by atoms with Gasteiger partial charge in [0.1, 0.15) is 18.6 Å². The Balaban J connectivity index is 2.14. The van der Waals surface area contributed by atoms with Crippen molar-refractivity contribution in [3.8, 4) is 5.75 Å². The van der Waals surface area contributed by atoms with Gasteiger partial charge in [0.05, 0.1) is 0 Å². The molecule has 0 spiro atoms. The second kappa shape index (κ2) is 7.13. The molecule has 0 aliphatic heterocycles.